The van der Waals surface area contributed by atoms with Crippen LogP contribution in [0.3, 0.4) is 0 Å². The third-order valence-electron chi connectivity index (χ3n) is 3.78. The lowest BCUT2D eigenvalue weighted by Gasteiger charge is -2.18. The molecule has 1 heterocycles. The molecule has 1 aromatic carbocycles. The van der Waals surface area contributed by atoms with Crippen molar-refractivity contribution in [2.75, 3.05) is 13.1 Å². The van der Waals surface area contributed by atoms with E-state index in [0.717, 1.165) is 18.2 Å². The van der Waals surface area contributed by atoms with Gasteiger partial charge in [-0.2, -0.15) is 13.2 Å². The molecule has 2 amide bonds. The Labute approximate surface area is 133 Å². The first kappa shape index (κ1) is 18.0. The third-order valence-corrected chi connectivity index (χ3v) is 3.78. The molecular weight excluding hydrogens is 339 g/mol. The Morgan fingerprint density at radius 3 is 2.46 bits per heavy atom. The van der Waals surface area contributed by atoms with E-state index in [0.29, 0.717) is 4.90 Å². The van der Waals surface area contributed by atoms with Crippen LogP contribution in [0.15, 0.2) is 18.2 Å². The van der Waals surface area contributed by atoms with Gasteiger partial charge in [-0.15, -0.1) is 0 Å². The van der Waals surface area contributed by atoms with Crippen LogP contribution in [0.25, 0.3) is 0 Å². The summed E-state index contributed by atoms with van der Waals surface area (Å²) in [4.78, 5) is 23.5. The molecule has 0 radical (unpaired) electrons. The summed E-state index contributed by atoms with van der Waals surface area (Å²) in [7, 11) is 0. The summed E-state index contributed by atoms with van der Waals surface area (Å²) in [6.07, 6.45) is -4.76. The average molecular weight is 352 g/mol. The number of likely N-dealkylation sites (tertiary alicyclic amines) is 1. The van der Waals surface area contributed by atoms with Gasteiger partial charge in [-0.25, -0.2) is 13.6 Å². The molecule has 0 aliphatic carbocycles. The average Bonchev–Trinajstić information content (AvgIpc) is 2.93. The number of hydrogen-bond donors (Lipinski definition) is 2. The van der Waals surface area contributed by atoms with Crippen LogP contribution < -0.4 is 5.32 Å². The Bertz CT molecular complexity index is 650. The maximum Gasteiger partial charge on any atom is 0.394 e. The van der Waals surface area contributed by atoms with E-state index in [1.54, 1.807) is 0 Å². The number of hydrogen-bond acceptors (Lipinski definition) is 2. The quantitative estimate of drug-likeness (QED) is 0.821. The first-order chi connectivity index (χ1) is 11.1. The fourth-order valence-electron chi connectivity index (χ4n) is 2.51. The number of benzene rings is 1. The number of urea groups is 1. The molecule has 0 bridgehead atoms. The first-order valence-corrected chi connectivity index (χ1v) is 6.86. The molecule has 1 saturated heterocycles. The summed E-state index contributed by atoms with van der Waals surface area (Å²) in [5.41, 5.74) is -0.176. The molecule has 1 aliphatic rings. The van der Waals surface area contributed by atoms with Crippen molar-refractivity contribution in [2.24, 2.45) is 11.8 Å². The number of nitrogens with zero attached hydrogens (tertiary/aromatic N) is 1. The first-order valence-electron chi connectivity index (χ1n) is 6.86. The second-order valence-electron chi connectivity index (χ2n) is 5.39. The van der Waals surface area contributed by atoms with Gasteiger partial charge in [0, 0.05) is 25.2 Å². The molecule has 1 aromatic rings. The van der Waals surface area contributed by atoms with Crippen LogP contribution in [0, 0.1) is 23.5 Å². The highest BCUT2D eigenvalue weighted by Crippen LogP contribution is 2.37. The lowest BCUT2D eigenvalue weighted by Crippen LogP contribution is -2.39. The van der Waals surface area contributed by atoms with Gasteiger partial charge in [-0.1, -0.05) is 0 Å². The minimum atomic E-state index is -4.76. The normalized spacial score (nSPS) is 21.0. The number of aliphatic carboxylic acids is 1. The molecule has 2 atom stereocenters. The predicted octanol–water partition coefficient (Wildman–Crippen LogP) is 2.37. The zero-order valence-electron chi connectivity index (χ0n) is 12.1. The standard InChI is InChI=1S/C14H13F5N2O3/c15-8-1-2-11(16)7(3-8)4-20-13(24)21-5-9(12(22)23)10(6-21)14(17,18)19/h1-3,9-10H,4-6H2,(H,20,24)(H,22,23)/t9-,10-/m1/s1. The molecule has 1 fully saturated rings. The zero-order valence-corrected chi connectivity index (χ0v) is 12.1. The number of rotatable bonds is 3. The lowest BCUT2D eigenvalue weighted by atomic mass is 9.96. The summed E-state index contributed by atoms with van der Waals surface area (Å²) in [6.45, 7) is -1.86. The van der Waals surface area contributed by atoms with Gasteiger partial charge in [0.15, 0.2) is 0 Å². The van der Waals surface area contributed by atoms with Gasteiger partial charge in [0.25, 0.3) is 0 Å². The summed E-state index contributed by atoms with van der Waals surface area (Å²) in [5.74, 6) is -7.10. The van der Waals surface area contributed by atoms with E-state index < -0.39 is 61.3 Å². The Kier molecular flexibility index (Phi) is 4.95. The molecule has 1 aliphatic heterocycles. The minimum Gasteiger partial charge on any atom is -0.481 e. The van der Waals surface area contributed by atoms with Gasteiger partial charge in [-0.05, 0) is 18.2 Å². The van der Waals surface area contributed by atoms with Crippen molar-refractivity contribution < 1.29 is 36.6 Å². The molecule has 2 rings (SSSR count). The summed E-state index contributed by atoms with van der Waals surface area (Å²) in [5, 5.41) is 11.0. The highest BCUT2D eigenvalue weighted by Gasteiger charge is 2.53. The van der Waals surface area contributed by atoms with E-state index in [4.69, 9.17) is 5.11 Å². The minimum absolute atomic E-state index is 0.176. The number of carboxylic acids is 1. The van der Waals surface area contributed by atoms with Crippen LogP contribution in [0.2, 0.25) is 0 Å². The smallest absolute Gasteiger partial charge is 0.394 e. The van der Waals surface area contributed by atoms with Crippen molar-refractivity contribution in [3.05, 3.63) is 35.4 Å². The predicted molar refractivity (Wildman–Crippen MR) is 70.8 cm³/mol. The van der Waals surface area contributed by atoms with Crippen molar-refractivity contribution in [2.45, 2.75) is 12.7 Å². The van der Waals surface area contributed by atoms with E-state index in [1.165, 1.54) is 0 Å². The van der Waals surface area contributed by atoms with Crippen molar-refractivity contribution in [3.8, 4) is 0 Å². The van der Waals surface area contributed by atoms with Gasteiger partial charge < -0.3 is 15.3 Å². The fraction of sp³-hybridized carbons (Fsp3) is 0.429. The summed E-state index contributed by atoms with van der Waals surface area (Å²) < 4.78 is 65.0. The van der Waals surface area contributed by atoms with Crippen LogP contribution in [0.5, 0.6) is 0 Å². The van der Waals surface area contributed by atoms with Crippen molar-refractivity contribution in [1.29, 1.82) is 0 Å². The van der Waals surface area contributed by atoms with Crippen LogP contribution in [0.1, 0.15) is 5.56 Å². The molecule has 10 heteroatoms. The summed E-state index contributed by atoms with van der Waals surface area (Å²) in [6, 6.07) is 1.61. The van der Waals surface area contributed by atoms with Crippen molar-refractivity contribution in [1.82, 2.24) is 10.2 Å². The molecule has 0 aromatic heterocycles. The summed E-state index contributed by atoms with van der Waals surface area (Å²) >= 11 is 0. The SMILES string of the molecule is O=C(O)[C@@H]1CN(C(=O)NCc2cc(F)ccc2F)C[C@H]1C(F)(F)F. The van der Waals surface area contributed by atoms with Crippen LogP contribution in [0.4, 0.5) is 26.7 Å². The fourth-order valence-corrected chi connectivity index (χ4v) is 2.51. The van der Waals surface area contributed by atoms with E-state index in [2.05, 4.69) is 5.32 Å². The Morgan fingerprint density at radius 2 is 1.92 bits per heavy atom. The van der Waals surface area contributed by atoms with Gasteiger partial charge in [0.05, 0.1) is 11.8 Å². The number of amides is 2. The third kappa shape index (κ3) is 3.92. The maximum absolute atomic E-state index is 13.4. The number of nitrogens with one attached hydrogen (secondary N) is 1. The van der Waals surface area contributed by atoms with Crippen LogP contribution >= 0.6 is 0 Å². The lowest BCUT2D eigenvalue weighted by molar-refractivity contribution is -0.187. The molecule has 0 unspecified atom stereocenters. The van der Waals surface area contributed by atoms with Gasteiger partial charge >= 0.3 is 18.2 Å². The van der Waals surface area contributed by atoms with E-state index >= 15 is 0 Å². The largest absolute Gasteiger partial charge is 0.481 e. The molecule has 132 valence electrons. The Hall–Kier alpha value is -2.39. The second kappa shape index (κ2) is 6.62. The van der Waals surface area contributed by atoms with E-state index in [1.807, 2.05) is 0 Å². The topological polar surface area (TPSA) is 69.6 Å². The van der Waals surface area contributed by atoms with E-state index in [-0.39, 0.29) is 5.56 Å². The van der Waals surface area contributed by atoms with Gasteiger partial charge in [0.2, 0.25) is 0 Å². The van der Waals surface area contributed by atoms with Crippen LogP contribution in [-0.4, -0.2) is 41.3 Å². The zero-order chi connectivity index (χ0) is 18.1. The maximum atomic E-state index is 13.4. The molecule has 0 saturated carbocycles. The van der Waals surface area contributed by atoms with Crippen LogP contribution in [-0.2, 0) is 11.3 Å². The number of carbonyl (C=O) groups is 2. The molecule has 24 heavy (non-hydrogen) atoms. The highest BCUT2D eigenvalue weighted by molar-refractivity contribution is 5.77. The molecule has 2 N–H and O–H groups in total. The number of carbonyl (C=O) groups excluding carboxylic acids is 1. The highest BCUT2D eigenvalue weighted by atomic mass is 19.4. The Balaban J connectivity index is 2.03. The van der Waals surface area contributed by atoms with Crippen molar-refractivity contribution in [3.63, 3.8) is 0 Å². The van der Waals surface area contributed by atoms with Gasteiger partial charge in [-0.3, -0.25) is 4.79 Å². The van der Waals surface area contributed by atoms with Gasteiger partial charge in [0.1, 0.15) is 11.6 Å². The second-order valence-corrected chi connectivity index (χ2v) is 5.39. The molecular formula is C14H13F5N2O3. The van der Waals surface area contributed by atoms with Crippen molar-refractivity contribution >= 4 is 12.0 Å². The number of alkyl halides is 3. The molecule has 0 spiro atoms. The number of carboxylic acid groups (broad SMARTS) is 1. The molecule has 5 nitrogen and oxygen atoms in total. The van der Waals surface area contributed by atoms with E-state index in [9.17, 15) is 31.5 Å². The monoisotopic (exact) mass is 352 g/mol. The Morgan fingerprint density at radius 1 is 1.25 bits per heavy atom. The number of halogens is 5.